The minimum atomic E-state index is -0.714. The molecule has 3 aromatic carbocycles. The summed E-state index contributed by atoms with van der Waals surface area (Å²) in [7, 11) is 8.07. The number of methoxy groups -OCH3 is 6. The Balaban J connectivity index is 2.03. The lowest BCUT2D eigenvalue weighted by Gasteiger charge is -2.22. The van der Waals surface area contributed by atoms with E-state index >= 15 is 0 Å². The molecule has 3 rings (SSSR count). The first-order valence-electron chi connectivity index (χ1n) is 11.2. The molecular formula is C25H34O6Si3. The molecule has 0 fully saturated rings. The summed E-state index contributed by atoms with van der Waals surface area (Å²) < 4.78 is 34.1. The van der Waals surface area contributed by atoms with Crippen molar-refractivity contribution in [1.29, 1.82) is 0 Å². The Bertz CT molecular complexity index is 956. The zero-order valence-corrected chi connectivity index (χ0v) is 25.1. The van der Waals surface area contributed by atoms with Crippen molar-refractivity contribution in [3.63, 3.8) is 0 Å². The van der Waals surface area contributed by atoms with Crippen LogP contribution in [0.5, 0.6) is 34.5 Å². The molecule has 0 aliphatic rings. The zero-order valence-electron chi connectivity index (χ0n) is 20.8. The molecule has 0 spiro atoms. The summed E-state index contributed by atoms with van der Waals surface area (Å²) in [4.78, 5) is 0.614. The van der Waals surface area contributed by atoms with Gasteiger partial charge in [0.15, 0.2) is 34.5 Å². The number of ether oxygens (including phenoxy) is 6. The Morgan fingerprint density at radius 3 is 0.971 bits per heavy atom. The summed E-state index contributed by atoms with van der Waals surface area (Å²) >= 11 is 0. The van der Waals surface area contributed by atoms with Crippen molar-refractivity contribution in [2.45, 2.75) is 4.79 Å². The van der Waals surface area contributed by atoms with Crippen LogP contribution in [-0.2, 0) is 0 Å². The second-order valence-corrected chi connectivity index (χ2v) is 18.4. The maximum absolute atomic E-state index is 5.78. The van der Waals surface area contributed by atoms with E-state index < -0.39 is 28.6 Å². The Labute approximate surface area is 209 Å². The molecule has 3 aromatic rings. The van der Waals surface area contributed by atoms with E-state index in [1.807, 2.05) is 18.2 Å². The van der Waals surface area contributed by atoms with Crippen LogP contribution in [0.4, 0.5) is 0 Å². The van der Waals surface area contributed by atoms with Crippen molar-refractivity contribution in [2.75, 3.05) is 42.7 Å². The Morgan fingerprint density at radius 1 is 0.441 bits per heavy atom. The van der Waals surface area contributed by atoms with E-state index in [9.17, 15) is 0 Å². The summed E-state index contributed by atoms with van der Waals surface area (Å²) in [6.07, 6.45) is 0. The molecule has 182 valence electrons. The fourth-order valence-corrected chi connectivity index (χ4v) is 16.0. The van der Waals surface area contributed by atoms with Gasteiger partial charge < -0.3 is 28.4 Å². The predicted octanol–water partition coefficient (Wildman–Crippen LogP) is 0.224. The van der Waals surface area contributed by atoms with E-state index in [0.29, 0.717) is 4.79 Å². The molecule has 0 saturated carbocycles. The average Bonchev–Trinajstić information content (AvgIpc) is 2.87. The van der Waals surface area contributed by atoms with Gasteiger partial charge in [-0.25, -0.2) is 0 Å². The van der Waals surface area contributed by atoms with Crippen LogP contribution in [0, 0.1) is 0 Å². The molecule has 0 saturated heterocycles. The molecule has 0 unspecified atom stereocenters. The molecule has 9 heteroatoms. The van der Waals surface area contributed by atoms with Crippen LogP contribution < -0.4 is 44.0 Å². The number of benzene rings is 3. The van der Waals surface area contributed by atoms with E-state index in [4.69, 9.17) is 28.4 Å². The van der Waals surface area contributed by atoms with E-state index in [0.717, 1.165) is 34.5 Å². The van der Waals surface area contributed by atoms with Crippen molar-refractivity contribution < 1.29 is 28.4 Å². The maximum Gasteiger partial charge on any atom is 0.160 e. The number of hydrogen-bond acceptors (Lipinski definition) is 6. The fourth-order valence-electron chi connectivity index (χ4n) is 4.49. The molecule has 0 aliphatic carbocycles. The monoisotopic (exact) mass is 514 g/mol. The highest BCUT2D eigenvalue weighted by Crippen LogP contribution is 2.27. The maximum atomic E-state index is 5.78. The normalized spacial score (nSPS) is 12.5. The van der Waals surface area contributed by atoms with Gasteiger partial charge in [0.1, 0.15) is 0 Å². The molecule has 34 heavy (non-hydrogen) atoms. The minimum absolute atomic E-state index is 0.614. The number of para-hydroxylation sites is 3. The van der Waals surface area contributed by atoms with E-state index in [1.54, 1.807) is 42.7 Å². The third kappa shape index (κ3) is 5.78. The van der Waals surface area contributed by atoms with Gasteiger partial charge >= 0.3 is 0 Å². The molecule has 0 aliphatic heterocycles. The van der Waals surface area contributed by atoms with Gasteiger partial charge in [-0.15, -0.1) is 0 Å². The second kappa shape index (κ2) is 12.5. The molecule has 0 aromatic heterocycles. The van der Waals surface area contributed by atoms with Crippen LogP contribution >= 0.6 is 0 Å². The van der Waals surface area contributed by atoms with Crippen molar-refractivity contribution in [3.8, 4) is 34.5 Å². The summed E-state index contributed by atoms with van der Waals surface area (Å²) in [5.74, 6) is 4.94. The minimum Gasteiger partial charge on any atom is -0.493 e. The molecule has 0 amide bonds. The Kier molecular flexibility index (Phi) is 9.49. The summed E-state index contributed by atoms with van der Waals surface area (Å²) in [5.41, 5.74) is 0. The lowest BCUT2D eigenvalue weighted by atomic mass is 10.3. The van der Waals surface area contributed by atoms with Crippen LogP contribution in [0.3, 0.4) is 0 Å². The number of rotatable bonds is 12. The molecule has 6 nitrogen and oxygen atoms in total. The standard InChI is InChI=1S/C25H34O6Si3/c1-26-16-10-7-13-19(22(16)29-4)32-25(33-20-14-8-11-17(27-2)23(20)30-5)34-21-15-9-12-18(28-3)24(21)31-6/h7-15,25H,32-34H2,1-6H3. The van der Waals surface area contributed by atoms with Gasteiger partial charge in [0.2, 0.25) is 0 Å². The van der Waals surface area contributed by atoms with Crippen molar-refractivity contribution in [1.82, 2.24) is 0 Å². The Hall–Kier alpha value is -2.89. The first-order chi connectivity index (χ1) is 16.6. The molecule has 0 bridgehead atoms. The molecule has 0 N–H and O–H groups in total. The SMILES string of the molecule is COc1cccc([SiH2]C([SiH2]c2cccc(OC)c2OC)[SiH2]c2cccc(OC)c2OC)c1OC. The quantitative estimate of drug-likeness (QED) is 0.323. The molecule has 0 heterocycles. The molecule has 0 radical (unpaired) electrons. The van der Waals surface area contributed by atoms with Gasteiger partial charge in [-0.05, 0) is 33.8 Å². The Morgan fingerprint density at radius 2 is 0.735 bits per heavy atom. The predicted molar refractivity (Wildman–Crippen MR) is 147 cm³/mol. The third-order valence-corrected chi connectivity index (χ3v) is 15.9. The lowest BCUT2D eigenvalue weighted by Crippen LogP contribution is -2.38. The highest BCUT2D eigenvalue weighted by molar-refractivity contribution is 6.89. The van der Waals surface area contributed by atoms with Crippen LogP contribution in [-0.4, -0.2) is 71.2 Å². The molecular weight excluding hydrogens is 481 g/mol. The van der Waals surface area contributed by atoms with Gasteiger partial charge in [-0.1, -0.05) is 41.2 Å². The van der Waals surface area contributed by atoms with Crippen LogP contribution in [0.25, 0.3) is 0 Å². The summed E-state index contributed by atoms with van der Waals surface area (Å²) in [6, 6.07) is 18.6. The lowest BCUT2D eigenvalue weighted by molar-refractivity contribution is 0.357. The van der Waals surface area contributed by atoms with Crippen molar-refractivity contribution >= 4 is 44.1 Å². The first kappa shape index (κ1) is 25.7. The fraction of sp³-hybridized carbons (Fsp3) is 0.280. The van der Waals surface area contributed by atoms with Crippen LogP contribution in [0.1, 0.15) is 0 Å². The van der Waals surface area contributed by atoms with Gasteiger partial charge in [0.25, 0.3) is 0 Å². The second-order valence-electron chi connectivity index (χ2n) is 7.94. The van der Waals surface area contributed by atoms with E-state index in [2.05, 4.69) is 36.4 Å². The molecule has 0 atom stereocenters. The van der Waals surface area contributed by atoms with Crippen LogP contribution in [0.2, 0.25) is 4.79 Å². The van der Waals surface area contributed by atoms with Gasteiger partial charge in [-0.3, -0.25) is 0 Å². The van der Waals surface area contributed by atoms with Crippen LogP contribution in [0.15, 0.2) is 54.6 Å². The summed E-state index contributed by atoms with van der Waals surface area (Å²) in [6.45, 7) is 0. The van der Waals surface area contributed by atoms with Gasteiger partial charge in [0.05, 0.1) is 71.2 Å². The van der Waals surface area contributed by atoms with Crippen molar-refractivity contribution in [3.05, 3.63) is 54.6 Å². The largest absolute Gasteiger partial charge is 0.493 e. The highest BCUT2D eigenvalue weighted by Gasteiger charge is 2.23. The zero-order chi connectivity index (χ0) is 24.5. The highest BCUT2D eigenvalue weighted by atomic mass is 28.3. The van der Waals surface area contributed by atoms with E-state index in [-0.39, 0.29) is 0 Å². The first-order valence-corrected chi connectivity index (χ1v) is 15.8. The smallest absolute Gasteiger partial charge is 0.160 e. The van der Waals surface area contributed by atoms with Gasteiger partial charge in [-0.2, -0.15) is 0 Å². The van der Waals surface area contributed by atoms with Crippen molar-refractivity contribution in [2.24, 2.45) is 0 Å². The summed E-state index contributed by atoms with van der Waals surface area (Å²) in [5, 5.41) is 3.86. The topological polar surface area (TPSA) is 55.4 Å². The number of hydrogen-bond donors (Lipinski definition) is 0. The third-order valence-electron chi connectivity index (χ3n) is 5.98. The van der Waals surface area contributed by atoms with Gasteiger partial charge in [0, 0.05) is 0 Å². The van der Waals surface area contributed by atoms with E-state index in [1.165, 1.54) is 15.6 Å². The average molecular weight is 515 g/mol.